The fraction of sp³-hybridized carbons (Fsp3) is 0.333. The molecule has 0 radical (unpaired) electrons. The molecule has 1 nitrogen and oxygen atoms in total. The van der Waals surface area contributed by atoms with Gasteiger partial charge >= 0.3 is 0 Å². The second-order valence-electron chi connectivity index (χ2n) is 3.70. The van der Waals surface area contributed by atoms with Crippen molar-refractivity contribution in [2.45, 2.75) is 24.9 Å². The minimum Gasteiger partial charge on any atom is -0.390 e. The van der Waals surface area contributed by atoms with Crippen molar-refractivity contribution in [3.63, 3.8) is 0 Å². The molecule has 1 heteroatoms. The van der Waals surface area contributed by atoms with Gasteiger partial charge in [0.1, 0.15) is 0 Å². The third-order valence-electron chi connectivity index (χ3n) is 2.52. The van der Waals surface area contributed by atoms with E-state index >= 15 is 0 Å². The van der Waals surface area contributed by atoms with Gasteiger partial charge in [-0.2, -0.15) is 0 Å². The predicted molar refractivity (Wildman–Crippen MR) is 52.3 cm³/mol. The number of rotatable bonds is 2. The van der Waals surface area contributed by atoms with Crippen LogP contribution in [0.5, 0.6) is 0 Å². The summed E-state index contributed by atoms with van der Waals surface area (Å²) < 4.78 is 0. The van der Waals surface area contributed by atoms with Gasteiger partial charge in [-0.05, 0) is 24.5 Å². The highest BCUT2D eigenvalue weighted by Crippen LogP contribution is 2.38. The zero-order valence-corrected chi connectivity index (χ0v) is 7.46. The zero-order chi connectivity index (χ0) is 9.31. The molecule has 13 heavy (non-hydrogen) atoms. The van der Waals surface area contributed by atoms with Crippen molar-refractivity contribution < 1.29 is 5.11 Å². The predicted octanol–water partition coefficient (Wildman–Crippen LogP) is 1.74. The van der Waals surface area contributed by atoms with Gasteiger partial charge in [-0.25, -0.2) is 0 Å². The summed E-state index contributed by atoms with van der Waals surface area (Å²) >= 11 is 0. The smallest absolute Gasteiger partial charge is 0.0690 e. The first-order valence-electron chi connectivity index (χ1n) is 4.50. The summed E-state index contributed by atoms with van der Waals surface area (Å²) in [5.41, 5.74) is 1.54. The maximum Gasteiger partial charge on any atom is 0.0690 e. The minimum atomic E-state index is -0.451. The summed E-state index contributed by atoms with van der Waals surface area (Å²) in [7, 11) is 0. The van der Waals surface area contributed by atoms with E-state index in [1.807, 2.05) is 24.3 Å². The molecule has 66 valence electrons. The van der Waals surface area contributed by atoms with Crippen LogP contribution in [0.15, 0.2) is 24.3 Å². The van der Waals surface area contributed by atoms with Crippen LogP contribution >= 0.6 is 0 Å². The molecule has 0 heterocycles. The lowest BCUT2D eigenvalue weighted by atomic mass is 10.0. The second kappa shape index (κ2) is 2.90. The SMILES string of the molecule is C#Cc1ccccc1CC1(O)CC1. The molecule has 0 aliphatic heterocycles. The molecule has 0 aromatic heterocycles. The van der Waals surface area contributed by atoms with Crippen LogP contribution in [-0.2, 0) is 6.42 Å². The maximum absolute atomic E-state index is 9.73. The summed E-state index contributed by atoms with van der Waals surface area (Å²) in [4.78, 5) is 0. The lowest BCUT2D eigenvalue weighted by Gasteiger charge is -2.08. The Morgan fingerprint density at radius 3 is 2.69 bits per heavy atom. The van der Waals surface area contributed by atoms with Crippen LogP contribution in [0.2, 0.25) is 0 Å². The summed E-state index contributed by atoms with van der Waals surface area (Å²) in [6.45, 7) is 0. The van der Waals surface area contributed by atoms with Gasteiger partial charge in [0.15, 0.2) is 0 Å². The average molecular weight is 172 g/mol. The van der Waals surface area contributed by atoms with Crippen molar-refractivity contribution in [1.29, 1.82) is 0 Å². The van der Waals surface area contributed by atoms with Crippen LogP contribution in [0.4, 0.5) is 0 Å². The molecule has 0 spiro atoms. The first-order chi connectivity index (χ1) is 6.23. The molecule has 1 aliphatic carbocycles. The highest BCUT2D eigenvalue weighted by molar-refractivity contribution is 5.40. The van der Waals surface area contributed by atoms with Gasteiger partial charge in [0.05, 0.1) is 5.60 Å². The third kappa shape index (κ3) is 1.74. The van der Waals surface area contributed by atoms with Crippen molar-refractivity contribution in [2.24, 2.45) is 0 Å². The number of benzene rings is 1. The molecule has 1 aliphatic rings. The van der Waals surface area contributed by atoms with Gasteiger partial charge in [-0.3, -0.25) is 0 Å². The Hall–Kier alpha value is -1.26. The first kappa shape index (κ1) is 8.34. The Labute approximate surface area is 78.4 Å². The Morgan fingerprint density at radius 1 is 1.38 bits per heavy atom. The molecule has 0 amide bonds. The normalized spacial score (nSPS) is 17.8. The number of aliphatic hydroxyl groups is 1. The van der Waals surface area contributed by atoms with E-state index in [0.29, 0.717) is 6.42 Å². The molecule has 0 saturated heterocycles. The van der Waals surface area contributed by atoms with Crippen molar-refractivity contribution in [2.75, 3.05) is 0 Å². The average Bonchev–Trinajstić information content (AvgIpc) is 2.84. The molecular formula is C12H12O. The van der Waals surface area contributed by atoms with Crippen molar-refractivity contribution >= 4 is 0 Å². The van der Waals surface area contributed by atoms with Crippen molar-refractivity contribution in [3.05, 3.63) is 35.4 Å². The molecule has 1 aromatic carbocycles. The van der Waals surface area contributed by atoms with Crippen molar-refractivity contribution in [3.8, 4) is 12.3 Å². The molecule has 1 fully saturated rings. The summed E-state index contributed by atoms with van der Waals surface area (Å²) in [5, 5.41) is 9.73. The Balaban J connectivity index is 2.25. The molecule has 0 bridgehead atoms. The Kier molecular flexibility index (Phi) is 1.86. The summed E-state index contributed by atoms with van der Waals surface area (Å²) in [6.07, 6.45) is 7.88. The van der Waals surface area contributed by atoms with Crippen LogP contribution in [0.3, 0.4) is 0 Å². The third-order valence-corrected chi connectivity index (χ3v) is 2.52. The summed E-state index contributed by atoms with van der Waals surface area (Å²) in [6, 6.07) is 7.80. The molecule has 2 rings (SSSR count). The van der Waals surface area contributed by atoms with E-state index in [2.05, 4.69) is 5.92 Å². The van der Waals surface area contributed by atoms with E-state index in [-0.39, 0.29) is 0 Å². The molecule has 0 unspecified atom stereocenters. The topological polar surface area (TPSA) is 20.2 Å². The number of terminal acetylenes is 1. The fourth-order valence-electron chi connectivity index (χ4n) is 1.49. The van der Waals surface area contributed by atoms with E-state index < -0.39 is 5.60 Å². The highest BCUT2D eigenvalue weighted by atomic mass is 16.3. The quantitative estimate of drug-likeness (QED) is 0.674. The van der Waals surface area contributed by atoms with Gasteiger partial charge in [0.25, 0.3) is 0 Å². The lowest BCUT2D eigenvalue weighted by Crippen LogP contribution is -2.11. The van der Waals surface area contributed by atoms with Gasteiger partial charge in [0, 0.05) is 12.0 Å². The highest BCUT2D eigenvalue weighted by Gasteiger charge is 2.40. The molecule has 0 atom stereocenters. The van der Waals surface area contributed by atoms with Crippen LogP contribution in [0, 0.1) is 12.3 Å². The molecule has 1 aromatic rings. The molecular weight excluding hydrogens is 160 g/mol. The Morgan fingerprint density at radius 2 is 2.08 bits per heavy atom. The van der Waals surface area contributed by atoms with Crippen LogP contribution in [0.1, 0.15) is 24.0 Å². The first-order valence-corrected chi connectivity index (χ1v) is 4.50. The van der Waals surface area contributed by atoms with Gasteiger partial charge < -0.3 is 5.11 Å². The van der Waals surface area contributed by atoms with Gasteiger partial charge in [-0.15, -0.1) is 6.42 Å². The minimum absolute atomic E-state index is 0.451. The Bertz CT molecular complexity index is 356. The molecule has 1 N–H and O–H groups in total. The van der Waals surface area contributed by atoms with Crippen molar-refractivity contribution in [1.82, 2.24) is 0 Å². The largest absolute Gasteiger partial charge is 0.390 e. The maximum atomic E-state index is 9.73. The standard InChI is InChI=1S/C12H12O/c1-2-10-5-3-4-6-11(10)9-12(13)7-8-12/h1,3-6,13H,7-9H2. The van der Waals surface area contributed by atoms with E-state index in [4.69, 9.17) is 6.42 Å². The van der Waals surface area contributed by atoms with Crippen LogP contribution in [-0.4, -0.2) is 10.7 Å². The van der Waals surface area contributed by atoms with Gasteiger partial charge in [-0.1, -0.05) is 24.1 Å². The van der Waals surface area contributed by atoms with E-state index in [9.17, 15) is 5.11 Å². The van der Waals surface area contributed by atoms with E-state index in [1.165, 1.54) is 0 Å². The second-order valence-corrected chi connectivity index (χ2v) is 3.70. The van der Waals surface area contributed by atoms with Crippen LogP contribution < -0.4 is 0 Å². The van der Waals surface area contributed by atoms with E-state index in [1.54, 1.807) is 0 Å². The molecule has 1 saturated carbocycles. The van der Waals surface area contributed by atoms with Crippen LogP contribution in [0.25, 0.3) is 0 Å². The monoisotopic (exact) mass is 172 g/mol. The van der Waals surface area contributed by atoms with Gasteiger partial charge in [0.2, 0.25) is 0 Å². The van der Waals surface area contributed by atoms with E-state index in [0.717, 1.165) is 24.0 Å². The number of hydrogen-bond acceptors (Lipinski definition) is 1. The number of hydrogen-bond donors (Lipinski definition) is 1. The fourth-order valence-corrected chi connectivity index (χ4v) is 1.49. The lowest BCUT2D eigenvalue weighted by molar-refractivity contribution is 0.151. The zero-order valence-electron chi connectivity index (χ0n) is 7.46. The summed E-state index contributed by atoms with van der Waals surface area (Å²) in [5.74, 6) is 2.63.